The van der Waals surface area contributed by atoms with Crippen molar-refractivity contribution in [2.45, 2.75) is 12.3 Å². The van der Waals surface area contributed by atoms with Crippen molar-refractivity contribution in [3.05, 3.63) is 79.0 Å². The number of likely N-dealkylation sites (N-methyl/N-ethyl adjacent to an activating group) is 1. The van der Waals surface area contributed by atoms with E-state index in [0.717, 1.165) is 53.6 Å². The van der Waals surface area contributed by atoms with Crippen molar-refractivity contribution >= 4 is 5.52 Å². The van der Waals surface area contributed by atoms with Gasteiger partial charge in [-0.25, -0.2) is 4.98 Å². The van der Waals surface area contributed by atoms with Crippen LogP contribution in [0, 0.1) is 0 Å². The number of nitrogens with zero attached hydrogens (tertiary/aromatic N) is 4. The first-order chi connectivity index (χ1) is 13.8. The highest BCUT2D eigenvalue weighted by Crippen LogP contribution is 2.32. The molecule has 1 aliphatic rings. The van der Waals surface area contributed by atoms with Crippen molar-refractivity contribution in [1.29, 1.82) is 0 Å². The number of para-hydroxylation sites is 1. The topological polar surface area (TPSA) is 42.7 Å². The summed E-state index contributed by atoms with van der Waals surface area (Å²) in [7, 11) is 2.17. The van der Waals surface area contributed by atoms with E-state index in [1.165, 1.54) is 0 Å². The molecule has 28 heavy (non-hydrogen) atoms. The lowest BCUT2D eigenvalue weighted by Gasteiger charge is -2.09. The zero-order chi connectivity index (χ0) is 18.9. The molecule has 0 saturated carbocycles. The smallest absolute Gasteiger partial charge is 0.127 e. The zero-order valence-electron chi connectivity index (χ0n) is 15.8. The van der Waals surface area contributed by atoms with E-state index in [0.29, 0.717) is 5.92 Å². The molecule has 2 aromatic heterocycles. The van der Waals surface area contributed by atoms with Crippen molar-refractivity contribution in [2.75, 3.05) is 20.1 Å². The lowest BCUT2D eigenvalue weighted by Crippen LogP contribution is -2.14. The van der Waals surface area contributed by atoms with Crippen LogP contribution in [0.1, 0.15) is 18.2 Å². The Balaban J connectivity index is 1.49. The molecule has 2 aromatic carbocycles. The molecule has 0 radical (unpaired) electrons. The van der Waals surface area contributed by atoms with E-state index in [2.05, 4.69) is 33.5 Å². The third-order valence-electron chi connectivity index (χ3n) is 5.34. The van der Waals surface area contributed by atoms with E-state index >= 15 is 0 Å². The second-order valence-corrected chi connectivity index (χ2v) is 7.34. The first-order valence-corrected chi connectivity index (χ1v) is 9.62. The van der Waals surface area contributed by atoms with Gasteiger partial charge in [0.2, 0.25) is 0 Å². The average Bonchev–Trinajstić information content (AvgIpc) is 3.33. The predicted molar refractivity (Wildman–Crippen MR) is 110 cm³/mol. The second-order valence-electron chi connectivity index (χ2n) is 7.34. The van der Waals surface area contributed by atoms with Crippen LogP contribution in [0.25, 0.3) is 16.8 Å². The van der Waals surface area contributed by atoms with E-state index in [1.54, 1.807) is 0 Å². The van der Waals surface area contributed by atoms with Gasteiger partial charge in [0.15, 0.2) is 0 Å². The summed E-state index contributed by atoms with van der Waals surface area (Å²) in [6.07, 6.45) is 6.89. The molecule has 4 aromatic rings. The van der Waals surface area contributed by atoms with Crippen LogP contribution < -0.4 is 4.74 Å². The van der Waals surface area contributed by atoms with Crippen LogP contribution in [-0.4, -0.2) is 39.4 Å². The minimum Gasteiger partial charge on any atom is -0.457 e. The largest absolute Gasteiger partial charge is 0.457 e. The van der Waals surface area contributed by atoms with Gasteiger partial charge in [0.1, 0.15) is 17.3 Å². The third-order valence-corrected chi connectivity index (χ3v) is 5.34. The van der Waals surface area contributed by atoms with Gasteiger partial charge in [-0.15, -0.1) is 0 Å². The quantitative estimate of drug-likeness (QED) is 0.526. The molecule has 0 N–H and O–H groups in total. The van der Waals surface area contributed by atoms with E-state index in [-0.39, 0.29) is 0 Å². The van der Waals surface area contributed by atoms with Gasteiger partial charge in [-0.1, -0.05) is 18.2 Å². The SMILES string of the molecule is CN1CCC(c2nc(-c3ccc(Oc4ccccc4)cc3)c3cnccn23)C1. The van der Waals surface area contributed by atoms with Crippen molar-refractivity contribution < 1.29 is 4.74 Å². The number of hydrogen-bond donors (Lipinski definition) is 0. The van der Waals surface area contributed by atoms with Crippen LogP contribution in [0.2, 0.25) is 0 Å². The molecule has 1 aliphatic heterocycles. The van der Waals surface area contributed by atoms with Crippen LogP contribution in [-0.2, 0) is 0 Å². The summed E-state index contributed by atoms with van der Waals surface area (Å²) in [4.78, 5) is 11.7. The molecule has 5 nitrogen and oxygen atoms in total. The first kappa shape index (κ1) is 17.0. The monoisotopic (exact) mass is 370 g/mol. The van der Waals surface area contributed by atoms with E-state index in [1.807, 2.05) is 61.1 Å². The van der Waals surface area contributed by atoms with Gasteiger partial charge in [0, 0.05) is 30.4 Å². The van der Waals surface area contributed by atoms with Crippen LogP contribution in [0.3, 0.4) is 0 Å². The highest BCUT2D eigenvalue weighted by Gasteiger charge is 2.26. The van der Waals surface area contributed by atoms with Crippen molar-refractivity contribution in [3.8, 4) is 22.8 Å². The number of aromatic nitrogens is 3. The molecule has 1 saturated heterocycles. The van der Waals surface area contributed by atoms with Crippen LogP contribution in [0.4, 0.5) is 0 Å². The number of ether oxygens (including phenoxy) is 1. The summed E-state index contributed by atoms with van der Waals surface area (Å²) in [5.74, 6) is 3.23. The highest BCUT2D eigenvalue weighted by atomic mass is 16.5. The Morgan fingerprint density at radius 1 is 1.00 bits per heavy atom. The summed E-state index contributed by atoms with van der Waals surface area (Å²) in [6.45, 7) is 2.16. The molecule has 0 spiro atoms. The summed E-state index contributed by atoms with van der Waals surface area (Å²) < 4.78 is 8.11. The molecule has 0 aliphatic carbocycles. The summed E-state index contributed by atoms with van der Waals surface area (Å²) in [5, 5.41) is 0. The number of likely N-dealkylation sites (tertiary alicyclic amines) is 1. The standard InChI is InChI=1S/C23H22N4O/c1-26-13-11-18(16-26)23-25-22(21-15-24-12-14-27(21)23)17-7-9-20(10-8-17)28-19-5-3-2-4-6-19/h2-10,12,14-15,18H,11,13,16H2,1H3. The molecular formula is C23H22N4O. The Kier molecular flexibility index (Phi) is 4.29. The molecule has 0 amide bonds. The molecule has 3 heterocycles. The third kappa shape index (κ3) is 3.14. The van der Waals surface area contributed by atoms with Gasteiger partial charge in [-0.05, 0) is 56.4 Å². The Hall–Kier alpha value is -3.18. The molecular weight excluding hydrogens is 348 g/mol. The zero-order valence-corrected chi connectivity index (χ0v) is 15.8. The average molecular weight is 370 g/mol. The number of benzene rings is 2. The van der Waals surface area contributed by atoms with Crippen molar-refractivity contribution in [1.82, 2.24) is 19.3 Å². The highest BCUT2D eigenvalue weighted by molar-refractivity contribution is 5.77. The summed E-state index contributed by atoms with van der Waals surface area (Å²) >= 11 is 0. The molecule has 1 unspecified atom stereocenters. The number of imidazole rings is 1. The maximum atomic E-state index is 5.91. The van der Waals surface area contributed by atoms with Gasteiger partial charge in [0.25, 0.3) is 0 Å². The Bertz CT molecular complexity index is 1090. The van der Waals surface area contributed by atoms with Crippen molar-refractivity contribution in [2.24, 2.45) is 0 Å². The lowest BCUT2D eigenvalue weighted by molar-refractivity contribution is 0.409. The maximum absolute atomic E-state index is 5.91. The van der Waals surface area contributed by atoms with Crippen LogP contribution >= 0.6 is 0 Å². The fourth-order valence-electron chi connectivity index (χ4n) is 3.91. The maximum Gasteiger partial charge on any atom is 0.127 e. The molecule has 0 bridgehead atoms. The minimum atomic E-state index is 0.453. The summed E-state index contributed by atoms with van der Waals surface area (Å²) in [5.41, 5.74) is 3.09. The van der Waals surface area contributed by atoms with E-state index in [4.69, 9.17) is 9.72 Å². The minimum absolute atomic E-state index is 0.453. The molecule has 5 heteroatoms. The number of rotatable bonds is 4. The summed E-state index contributed by atoms with van der Waals surface area (Å²) in [6, 6.07) is 17.9. The van der Waals surface area contributed by atoms with Gasteiger partial charge in [-0.2, -0.15) is 0 Å². The fraction of sp³-hybridized carbons (Fsp3) is 0.217. The van der Waals surface area contributed by atoms with Gasteiger partial charge >= 0.3 is 0 Å². The van der Waals surface area contributed by atoms with E-state index in [9.17, 15) is 0 Å². The Morgan fingerprint density at radius 2 is 1.79 bits per heavy atom. The molecule has 140 valence electrons. The van der Waals surface area contributed by atoms with E-state index < -0.39 is 0 Å². The lowest BCUT2D eigenvalue weighted by atomic mass is 10.1. The first-order valence-electron chi connectivity index (χ1n) is 9.62. The van der Waals surface area contributed by atoms with Gasteiger partial charge in [-0.3, -0.25) is 9.38 Å². The van der Waals surface area contributed by atoms with Crippen LogP contribution in [0.15, 0.2) is 73.2 Å². The van der Waals surface area contributed by atoms with Crippen molar-refractivity contribution in [3.63, 3.8) is 0 Å². The molecule has 5 rings (SSSR count). The van der Waals surface area contributed by atoms with Gasteiger partial charge in [0.05, 0.1) is 17.4 Å². The number of fused-ring (bicyclic) bond motifs is 1. The Morgan fingerprint density at radius 3 is 2.54 bits per heavy atom. The normalized spacial score (nSPS) is 17.2. The number of hydrogen-bond acceptors (Lipinski definition) is 4. The molecule has 1 atom stereocenters. The Labute approximate surface area is 164 Å². The molecule has 1 fully saturated rings. The fourth-order valence-corrected chi connectivity index (χ4v) is 3.91. The van der Waals surface area contributed by atoms with Gasteiger partial charge < -0.3 is 9.64 Å². The predicted octanol–water partition coefficient (Wildman–Crippen LogP) is 4.61. The van der Waals surface area contributed by atoms with Crippen LogP contribution in [0.5, 0.6) is 11.5 Å². The second kappa shape index (κ2) is 7.09.